The minimum absolute atomic E-state index is 0.118. The van der Waals surface area contributed by atoms with Crippen molar-refractivity contribution in [2.75, 3.05) is 33.3 Å². The maximum Gasteiger partial charge on any atom is 0.176 e. The van der Waals surface area contributed by atoms with Crippen LogP contribution in [0.4, 0.5) is 0 Å². The molecule has 138 valence electrons. The van der Waals surface area contributed by atoms with E-state index in [-0.39, 0.29) is 11.8 Å². The molecular weight excluding hydrogens is 392 g/mol. The van der Waals surface area contributed by atoms with E-state index in [2.05, 4.69) is 38.3 Å². The number of nitrogens with one attached hydrogen (secondary N) is 1. The van der Waals surface area contributed by atoms with E-state index in [4.69, 9.17) is 4.74 Å². The van der Waals surface area contributed by atoms with E-state index in [1.165, 1.54) is 18.4 Å². The fourth-order valence-electron chi connectivity index (χ4n) is 3.40. The normalized spacial score (nSPS) is 15.8. The summed E-state index contributed by atoms with van der Waals surface area (Å²) >= 11 is 3.40. The number of hydrogen-bond acceptors (Lipinski definition) is 4. The molecule has 0 aromatic heterocycles. The average molecular weight is 417 g/mol. The molecule has 3 rings (SSSR count). The highest BCUT2D eigenvalue weighted by atomic mass is 79.9. The lowest BCUT2D eigenvalue weighted by atomic mass is 10.0. The van der Waals surface area contributed by atoms with Crippen molar-refractivity contribution in [3.63, 3.8) is 0 Å². The molecule has 26 heavy (non-hydrogen) atoms. The number of ketones is 1. The van der Waals surface area contributed by atoms with Crippen LogP contribution in [0.3, 0.4) is 0 Å². The fourth-order valence-corrected chi connectivity index (χ4v) is 3.66. The van der Waals surface area contributed by atoms with Gasteiger partial charge in [0.15, 0.2) is 5.78 Å². The summed E-state index contributed by atoms with van der Waals surface area (Å²) in [5.74, 6) is 0.986. The summed E-state index contributed by atoms with van der Waals surface area (Å²) in [6.45, 7) is 3.33. The molecule has 0 radical (unpaired) electrons. The van der Waals surface area contributed by atoms with Gasteiger partial charge >= 0.3 is 0 Å². The Labute approximate surface area is 163 Å². The summed E-state index contributed by atoms with van der Waals surface area (Å²) in [6, 6.07) is 16.1. The number of nitrogens with zero attached hydrogens (tertiary/aromatic N) is 1. The third-order valence-electron chi connectivity index (χ3n) is 4.87. The van der Waals surface area contributed by atoms with E-state index in [1.54, 1.807) is 7.11 Å². The summed E-state index contributed by atoms with van der Waals surface area (Å²) in [7, 11) is 1.68. The van der Waals surface area contributed by atoms with Crippen molar-refractivity contribution in [2.45, 2.75) is 18.9 Å². The smallest absolute Gasteiger partial charge is 0.176 e. The fraction of sp³-hybridized carbons (Fsp3) is 0.381. The number of halogens is 1. The van der Waals surface area contributed by atoms with Gasteiger partial charge in [0.05, 0.1) is 13.7 Å². The third kappa shape index (κ3) is 4.93. The molecule has 1 heterocycles. The number of likely N-dealkylation sites (tertiary alicyclic amines) is 1. The second kappa shape index (κ2) is 9.31. The third-order valence-corrected chi connectivity index (χ3v) is 5.40. The van der Waals surface area contributed by atoms with Crippen molar-refractivity contribution in [1.29, 1.82) is 0 Å². The number of ether oxygens (including phenoxy) is 1. The van der Waals surface area contributed by atoms with Crippen LogP contribution < -0.4 is 10.1 Å². The molecule has 1 aliphatic rings. The maximum atomic E-state index is 12.4. The molecule has 0 aliphatic carbocycles. The zero-order chi connectivity index (χ0) is 18.4. The van der Waals surface area contributed by atoms with Crippen LogP contribution in [0, 0.1) is 0 Å². The lowest BCUT2D eigenvalue weighted by Gasteiger charge is -2.28. The van der Waals surface area contributed by atoms with Gasteiger partial charge in [0, 0.05) is 22.6 Å². The quantitative estimate of drug-likeness (QED) is 0.658. The molecule has 1 saturated heterocycles. The van der Waals surface area contributed by atoms with Crippen molar-refractivity contribution in [3.8, 4) is 5.75 Å². The molecule has 4 nitrogen and oxygen atoms in total. The highest BCUT2D eigenvalue weighted by molar-refractivity contribution is 9.10. The zero-order valence-electron chi connectivity index (χ0n) is 15.1. The molecule has 0 amide bonds. The van der Waals surface area contributed by atoms with Crippen molar-refractivity contribution in [3.05, 3.63) is 64.1 Å². The minimum Gasteiger partial charge on any atom is -0.497 e. The Morgan fingerprint density at radius 3 is 2.38 bits per heavy atom. The van der Waals surface area contributed by atoms with E-state index in [1.807, 2.05) is 36.4 Å². The van der Waals surface area contributed by atoms with Crippen molar-refractivity contribution in [1.82, 2.24) is 10.2 Å². The summed E-state index contributed by atoms with van der Waals surface area (Å²) in [5.41, 5.74) is 2.00. The summed E-state index contributed by atoms with van der Waals surface area (Å²) in [4.78, 5) is 14.9. The van der Waals surface area contributed by atoms with E-state index in [0.29, 0.717) is 6.54 Å². The van der Waals surface area contributed by atoms with Crippen LogP contribution in [-0.4, -0.2) is 44.0 Å². The van der Waals surface area contributed by atoms with Crippen LogP contribution in [0.25, 0.3) is 0 Å². The van der Waals surface area contributed by atoms with Gasteiger partial charge in [0.1, 0.15) is 5.75 Å². The molecule has 5 heteroatoms. The molecule has 1 atom stereocenters. The topological polar surface area (TPSA) is 41.6 Å². The number of carbonyl (C=O) groups is 1. The van der Waals surface area contributed by atoms with Gasteiger partial charge in [-0.05, 0) is 55.8 Å². The van der Waals surface area contributed by atoms with Crippen molar-refractivity contribution >= 4 is 21.7 Å². The second-order valence-corrected chi connectivity index (χ2v) is 7.51. The van der Waals surface area contributed by atoms with Crippen LogP contribution in [-0.2, 0) is 0 Å². The van der Waals surface area contributed by atoms with Crippen LogP contribution >= 0.6 is 15.9 Å². The second-order valence-electron chi connectivity index (χ2n) is 6.59. The highest BCUT2D eigenvalue weighted by Crippen LogP contribution is 2.26. The Kier molecular flexibility index (Phi) is 6.83. The summed E-state index contributed by atoms with van der Waals surface area (Å²) < 4.78 is 6.25. The van der Waals surface area contributed by atoms with Gasteiger partial charge in [-0.15, -0.1) is 0 Å². The minimum atomic E-state index is 0.118. The van der Waals surface area contributed by atoms with E-state index < -0.39 is 0 Å². The molecule has 2 aromatic carbocycles. The van der Waals surface area contributed by atoms with Gasteiger partial charge in [-0.1, -0.05) is 40.2 Å². The van der Waals surface area contributed by atoms with E-state index in [0.717, 1.165) is 35.4 Å². The Hall–Kier alpha value is -1.69. The molecule has 0 spiro atoms. The first kappa shape index (κ1) is 19.1. The van der Waals surface area contributed by atoms with Gasteiger partial charge < -0.3 is 10.1 Å². The first-order chi connectivity index (χ1) is 12.7. The monoisotopic (exact) mass is 416 g/mol. The Morgan fingerprint density at radius 2 is 1.77 bits per heavy atom. The Bertz CT molecular complexity index is 710. The van der Waals surface area contributed by atoms with Crippen LogP contribution in [0.15, 0.2) is 53.0 Å². The number of Topliss-reactive ketones (excluding diaryl/α,β-unsaturated/α-hetero) is 1. The highest BCUT2D eigenvalue weighted by Gasteiger charge is 2.23. The Morgan fingerprint density at radius 1 is 1.12 bits per heavy atom. The first-order valence-corrected chi connectivity index (χ1v) is 9.84. The lowest BCUT2D eigenvalue weighted by Crippen LogP contribution is -2.36. The molecule has 0 saturated carbocycles. The number of rotatable bonds is 8. The predicted octanol–water partition coefficient (Wildman–Crippen LogP) is 4.07. The molecule has 2 aromatic rings. The average Bonchev–Trinajstić information content (AvgIpc) is 3.20. The first-order valence-electron chi connectivity index (χ1n) is 9.05. The van der Waals surface area contributed by atoms with Gasteiger partial charge in [0.2, 0.25) is 0 Å². The van der Waals surface area contributed by atoms with Gasteiger partial charge in [-0.2, -0.15) is 0 Å². The van der Waals surface area contributed by atoms with Crippen LogP contribution in [0.2, 0.25) is 0 Å². The number of benzene rings is 2. The van der Waals surface area contributed by atoms with E-state index >= 15 is 0 Å². The number of methoxy groups -OCH3 is 1. The van der Waals surface area contributed by atoms with Crippen LogP contribution in [0.5, 0.6) is 5.75 Å². The van der Waals surface area contributed by atoms with Crippen LogP contribution in [0.1, 0.15) is 34.8 Å². The summed E-state index contributed by atoms with van der Waals surface area (Å²) in [6.07, 6.45) is 2.48. The van der Waals surface area contributed by atoms with Crippen molar-refractivity contribution < 1.29 is 9.53 Å². The summed E-state index contributed by atoms with van der Waals surface area (Å²) in [5, 5.41) is 3.37. The van der Waals surface area contributed by atoms with Gasteiger partial charge in [-0.3, -0.25) is 9.69 Å². The number of carbonyl (C=O) groups excluding carboxylic acids is 1. The molecule has 1 unspecified atom stereocenters. The number of hydrogen-bond donors (Lipinski definition) is 1. The standard InChI is InChI=1S/C21H25BrN2O2/c1-26-19-10-6-16(7-11-19)20(24-12-2-3-13-24)14-23-15-21(25)17-4-8-18(22)9-5-17/h4-11,20,23H,2-3,12-15H2,1H3. The lowest BCUT2D eigenvalue weighted by molar-refractivity contribution is 0.0987. The SMILES string of the molecule is COc1ccc(C(CNCC(=O)c2ccc(Br)cc2)N2CCCC2)cc1. The molecule has 1 fully saturated rings. The molecule has 1 aliphatic heterocycles. The molecular formula is C21H25BrN2O2. The molecule has 0 bridgehead atoms. The van der Waals surface area contributed by atoms with Gasteiger partial charge in [0.25, 0.3) is 0 Å². The molecule has 1 N–H and O–H groups in total. The Balaban J connectivity index is 1.62. The zero-order valence-corrected chi connectivity index (χ0v) is 16.7. The van der Waals surface area contributed by atoms with Gasteiger partial charge in [-0.25, -0.2) is 0 Å². The van der Waals surface area contributed by atoms with E-state index in [9.17, 15) is 4.79 Å². The maximum absolute atomic E-state index is 12.4. The largest absolute Gasteiger partial charge is 0.497 e. The van der Waals surface area contributed by atoms with Crippen molar-refractivity contribution in [2.24, 2.45) is 0 Å². The predicted molar refractivity (Wildman–Crippen MR) is 108 cm³/mol.